The maximum Gasteiger partial charge on any atom is 0.245 e. The molecule has 0 saturated carbocycles. The van der Waals surface area contributed by atoms with Gasteiger partial charge >= 0.3 is 0 Å². The van der Waals surface area contributed by atoms with Crippen LogP contribution in [0.25, 0.3) is 0 Å². The van der Waals surface area contributed by atoms with Gasteiger partial charge in [-0.3, -0.25) is 19.2 Å². The summed E-state index contributed by atoms with van der Waals surface area (Å²) in [5, 5.41) is 8.70. The number of methoxy groups -OCH3 is 2. The van der Waals surface area contributed by atoms with Gasteiger partial charge in [-0.1, -0.05) is 54.9 Å². The molecule has 11 heteroatoms. The molecule has 1 aliphatic heterocycles. The highest BCUT2D eigenvalue weighted by Gasteiger charge is 2.42. The molecule has 42 heavy (non-hydrogen) atoms. The first kappa shape index (κ1) is 37.8. The van der Waals surface area contributed by atoms with Gasteiger partial charge in [-0.15, -0.1) is 0 Å². The van der Waals surface area contributed by atoms with Crippen LogP contribution in [0, 0.1) is 23.7 Å². The molecule has 244 valence electrons. The number of carbonyl (C=O) groups excluding carboxylic acids is 4. The molecule has 0 radical (unpaired) electrons. The molecule has 8 atom stereocenters. The summed E-state index contributed by atoms with van der Waals surface area (Å²) in [6.45, 7) is 14.2. The first-order chi connectivity index (χ1) is 19.7. The Morgan fingerprint density at radius 2 is 1.52 bits per heavy atom. The molecule has 1 saturated heterocycles. The van der Waals surface area contributed by atoms with Crippen LogP contribution in [0.2, 0.25) is 0 Å². The fourth-order valence-electron chi connectivity index (χ4n) is 6.28. The Hall–Kier alpha value is -2.24. The van der Waals surface area contributed by atoms with Crippen molar-refractivity contribution in [2.45, 2.75) is 111 Å². The Kier molecular flexibility index (Phi) is 16.0. The summed E-state index contributed by atoms with van der Waals surface area (Å²) < 4.78 is 11.7. The number of nitrogens with zero attached hydrogens (tertiary/aromatic N) is 2. The standard InChI is InChI=1S/C31H59N5O6/c1-13-20(6)27(35(10)31(40)26(19(4)5)34-30(39)25(32-8)18(2)3)23(41-11)17-24(37)36-16-14-15-22(36)28(42-12)21(7)29(38)33-9/h18-23,25-28,32H,13-17H2,1-12H3,(H,33,38)(H,34,39)/t20-,21-,22+,23-,25+,26+,27+,28-/m1/s1. The average molecular weight is 598 g/mol. The zero-order chi connectivity index (χ0) is 32.3. The van der Waals surface area contributed by atoms with Crippen molar-refractivity contribution in [3.8, 4) is 0 Å². The molecular formula is C31H59N5O6. The molecule has 1 aliphatic rings. The van der Waals surface area contributed by atoms with E-state index in [9.17, 15) is 19.2 Å². The zero-order valence-corrected chi connectivity index (χ0v) is 28.2. The predicted molar refractivity (Wildman–Crippen MR) is 165 cm³/mol. The minimum Gasteiger partial charge on any atom is -0.379 e. The Labute approximate surface area is 254 Å². The molecule has 4 amide bonds. The van der Waals surface area contributed by atoms with Gasteiger partial charge in [-0.25, -0.2) is 0 Å². The topological polar surface area (TPSA) is 129 Å². The quantitative estimate of drug-likeness (QED) is 0.234. The first-order valence-corrected chi connectivity index (χ1v) is 15.5. The highest BCUT2D eigenvalue weighted by molar-refractivity contribution is 5.90. The lowest BCUT2D eigenvalue weighted by Gasteiger charge is -2.41. The van der Waals surface area contributed by atoms with E-state index in [-0.39, 0.29) is 53.8 Å². The molecule has 11 nitrogen and oxygen atoms in total. The van der Waals surface area contributed by atoms with Gasteiger partial charge in [0.15, 0.2) is 0 Å². The van der Waals surface area contributed by atoms with Crippen LogP contribution < -0.4 is 16.0 Å². The molecule has 3 N–H and O–H groups in total. The molecule has 1 heterocycles. The van der Waals surface area contributed by atoms with Gasteiger partial charge in [0.25, 0.3) is 0 Å². The molecule has 0 aromatic heterocycles. The number of likely N-dealkylation sites (N-methyl/N-ethyl adjacent to an activating group) is 2. The highest BCUT2D eigenvalue weighted by Crippen LogP contribution is 2.29. The van der Waals surface area contributed by atoms with Crippen molar-refractivity contribution >= 4 is 23.6 Å². The third-order valence-corrected chi connectivity index (χ3v) is 9.00. The highest BCUT2D eigenvalue weighted by atomic mass is 16.5. The maximum absolute atomic E-state index is 14.0. The molecule has 0 bridgehead atoms. The van der Waals surface area contributed by atoms with E-state index in [1.54, 1.807) is 40.3 Å². The van der Waals surface area contributed by atoms with Crippen molar-refractivity contribution in [2.75, 3.05) is 41.9 Å². The number of amides is 4. The van der Waals surface area contributed by atoms with Crippen LogP contribution in [-0.4, -0.2) is 112 Å². The van der Waals surface area contributed by atoms with Crippen molar-refractivity contribution in [3.05, 3.63) is 0 Å². The molecule has 0 spiro atoms. The van der Waals surface area contributed by atoms with Crippen LogP contribution in [0.15, 0.2) is 0 Å². The predicted octanol–water partition coefficient (Wildman–Crippen LogP) is 2.04. The number of carbonyl (C=O) groups is 4. The van der Waals surface area contributed by atoms with E-state index in [1.807, 2.05) is 53.4 Å². The smallest absolute Gasteiger partial charge is 0.245 e. The fourth-order valence-corrected chi connectivity index (χ4v) is 6.28. The van der Waals surface area contributed by atoms with Gasteiger partial charge in [0.05, 0.1) is 42.7 Å². The summed E-state index contributed by atoms with van der Waals surface area (Å²) in [6, 6.07) is -1.78. The summed E-state index contributed by atoms with van der Waals surface area (Å²) in [6.07, 6.45) is 1.42. The maximum atomic E-state index is 14.0. The number of likely N-dealkylation sites (tertiary alicyclic amines) is 1. The first-order valence-electron chi connectivity index (χ1n) is 15.5. The van der Waals surface area contributed by atoms with E-state index in [0.29, 0.717) is 6.54 Å². The zero-order valence-electron chi connectivity index (χ0n) is 28.2. The lowest BCUT2D eigenvalue weighted by Crippen LogP contribution is -2.59. The summed E-state index contributed by atoms with van der Waals surface area (Å²) in [5.41, 5.74) is 0. The van der Waals surface area contributed by atoms with Crippen LogP contribution >= 0.6 is 0 Å². The molecule has 0 aromatic carbocycles. The Bertz CT molecular complexity index is 884. The summed E-state index contributed by atoms with van der Waals surface area (Å²) >= 11 is 0. The van der Waals surface area contributed by atoms with E-state index in [4.69, 9.17) is 9.47 Å². The normalized spacial score (nSPS) is 20.4. The van der Waals surface area contributed by atoms with Gasteiger partial charge in [0.1, 0.15) is 6.04 Å². The molecule has 1 fully saturated rings. The van der Waals surface area contributed by atoms with Crippen molar-refractivity contribution in [3.63, 3.8) is 0 Å². The molecular weight excluding hydrogens is 538 g/mol. The van der Waals surface area contributed by atoms with Crippen molar-refractivity contribution in [1.29, 1.82) is 0 Å². The van der Waals surface area contributed by atoms with Crippen LogP contribution in [0.3, 0.4) is 0 Å². The van der Waals surface area contributed by atoms with Gasteiger partial charge in [0.2, 0.25) is 23.6 Å². The second kappa shape index (κ2) is 17.8. The number of rotatable bonds is 17. The third-order valence-electron chi connectivity index (χ3n) is 9.00. The monoisotopic (exact) mass is 597 g/mol. The van der Waals surface area contributed by atoms with Gasteiger partial charge in [-0.05, 0) is 37.6 Å². The average Bonchev–Trinajstić information content (AvgIpc) is 3.44. The largest absolute Gasteiger partial charge is 0.379 e. The number of hydrogen-bond acceptors (Lipinski definition) is 7. The van der Waals surface area contributed by atoms with E-state index >= 15 is 0 Å². The molecule has 0 aromatic rings. The van der Waals surface area contributed by atoms with E-state index < -0.39 is 36.3 Å². The lowest BCUT2D eigenvalue weighted by molar-refractivity contribution is -0.147. The van der Waals surface area contributed by atoms with Crippen molar-refractivity contribution in [1.82, 2.24) is 25.8 Å². The molecule has 0 aliphatic carbocycles. The fraction of sp³-hybridized carbons (Fsp3) is 0.871. The van der Waals surface area contributed by atoms with E-state index in [2.05, 4.69) is 16.0 Å². The Balaban J connectivity index is 3.24. The van der Waals surface area contributed by atoms with Gasteiger partial charge in [-0.2, -0.15) is 0 Å². The summed E-state index contributed by atoms with van der Waals surface area (Å²) in [5.74, 6) is -1.14. The van der Waals surface area contributed by atoms with E-state index in [0.717, 1.165) is 19.3 Å². The van der Waals surface area contributed by atoms with E-state index in [1.165, 1.54) is 0 Å². The van der Waals surface area contributed by atoms with Crippen LogP contribution in [0.5, 0.6) is 0 Å². The van der Waals surface area contributed by atoms with Crippen molar-refractivity contribution < 1.29 is 28.7 Å². The van der Waals surface area contributed by atoms with Crippen LogP contribution in [-0.2, 0) is 28.7 Å². The Morgan fingerprint density at radius 1 is 0.929 bits per heavy atom. The SMILES string of the molecule is CC[C@@H](C)[C@@H]([C@@H](CC(=O)N1CCC[C@H]1[C@H](OC)[C@@H](C)C(=O)NC)OC)N(C)C(=O)[C@@H](NC(=O)[C@@H](NC)C(C)C)C(C)C. The summed E-state index contributed by atoms with van der Waals surface area (Å²) in [4.78, 5) is 56.7. The minimum atomic E-state index is -0.728. The molecule has 1 rings (SSSR count). The third kappa shape index (κ3) is 9.38. The second-order valence-corrected chi connectivity index (χ2v) is 12.4. The van der Waals surface area contributed by atoms with Gasteiger partial charge in [0, 0.05) is 34.9 Å². The second-order valence-electron chi connectivity index (χ2n) is 12.4. The number of ether oxygens (including phenoxy) is 2. The lowest BCUT2D eigenvalue weighted by atomic mass is 9.89. The Morgan fingerprint density at radius 3 is 1.98 bits per heavy atom. The number of hydrogen-bond donors (Lipinski definition) is 3. The summed E-state index contributed by atoms with van der Waals surface area (Å²) in [7, 11) is 8.21. The van der Waals surface area contributed by atoms with Crippen LogP contribution in [0.4, 0.5) is 0 Å². The molecule has 0 unspecified atom stereocenters. The minimum absolute atomic E-state index is 0.0234. The van der Waals surface area contributed by atoms with Crippen LogP contribution in [0.1, 0.15) is 74.1 Å². The number of nitrogens with one attached hydrogen (secondary N) is 3. The van der Waals surface area contributed by atoms with Crippen molar-refractivity contribution in [2.24, 2.45) is 23.7 Å². The van der Waals surface area contributed by atoms with Gasteiger partial charge < -0.3 is 35.2 Å².